The molecule has 5 nitrogen and oxygen atoms in total. The van der Waals surface area contributed by atoms with Gasteiger partial charge >= 0.3 is 0 Å². The molecular formula is C26H31N5. The Kier molecular flexibility index (Phi) is 5.36. The number of para-hydroxylation sites is 1. The normalized spacial score (nSPS) is 13.9. The highest BCUT2D eigenvalue weighted by molar-refractivity contribution is 5.80. The maximum atomic E-state index is 5.55. The molecule has 0 aliphatic carbocycles. The van der Waals surface area contributed by atoms with Crippen molar-refractivity contribution in [1.29, 1.82) is 0 Å². The molecule has 31 heavy (non-hydrogen) atoms. The highest BCUT2D eigenvalue weighted by atomic mass is 15.2. The lowest BCUT2D eigenvalue weighted by molar-refractivity contribution is 0.624. The van der Waals surface area contributed by atoms with Gasteiger partial charge in [-0.2, -0.15) is 0 Å². The molecule has 0 amide bonds. The number of anilines is 4. The van der Waals surface area contributed by atoms with Crippen molar-refractivity contribution < 1.29 is 0 Å². The molecular weight excluding hydrogens is 382 g/mol. The van der Waals surface area contributed by atoms with Gasteiger partial charge in [0.1, 0.15) is 0 Å². The summed E-state index contributed by atoms with van der Waals surface area (Å²) in [7, 11) is 0. The van der Waals surface area contributed by atoms with Crippen molar-refractivity contribution in [2.24, 2.45) is 16.5 Å². The van der Waals surface area contributed by atoms with Crippen molar-refractivity contribution in [3.63, 3.8) is 0 Å². The second-order valence-electron chi connectivity index (χ2n) is 8.76. The number of nitrogens with zero attached hydrogens (tertiary/aromatic N) is 2. The SMILES string of the molecule is Cc1ccc(Nc2ccc3c(c2)C(C)(C)c2ccccc2N3CCN=C(N)N)cc1C. The van der Waals surface area contributed by atoms with E-state index in [2.05, 4.69) is 104 Å². The van der Waals surface area contributed by atoms with Gasteiger partial charge in [0.15, 0.2) is 5.96 Å². The lowest BCUT2D eigenvalue weighted by atomic mass is 9.73. The first-order chi connectivity index (χ1) is 14.8. The van der Waals surface area contributed by atoms with Crippen LogP contribution in [0, 0.1) is 13.8 Å². The Morgan fingerprint density at radius 3 is 2.29 bits per heavy atom. The molecule has 160 valence electrons. The van der Waals surface area contributed by atoms with Crippen molar-refractivity contribution >= 4 is 28.7 Å². The molecule has 5 heteroatoms. The predicted molar refractivity (Wildman–Crippen MR) is 132 cm³/mol. The summed E-state index contributed by atoms with van der Waals surface area (Å²) >= 11 is 0. The third kappa shape index (κ3) is 3.96. The minimum atomic E-state index is -0.126. The maximum absolute atomic E-state index is 5.55. The third-order valence-corrected chi connectivity index (χ3v) is 6.24. The Morgan fingerprint density at radius 1 is 0.871 bits per heavy atom. The zero-order valence-electron chi connectivity index (χ0n) is 18.7. The molecule has 0 atom stereocenters. The van der Waals surface area contributed by atoms with Crippen molar-refractivity contribution in [1.82, 2.24) is 0 Å². The van der Waals surface area contributed by atoms with E-state index in [-0.39, 0.29) is 11.4 Å². The van der Waals surface area contributed by atoms with Crippen LogP contribution < -0.4 is 21.7 Å². The van der Waals surface area contributed by atoms with Crippen molar-refractivity contribution in [2.75, 3.05) is 23.3 Å². The average molecular weight is 414 g/mol. The summed E-state index contributed by atoms with van der Waals surface area (Å²) < 4.78 is 0. The maximum Gasteiger partial charge on any atom is 0.185 e. The summed E-state index contributed by atoms with van der Waals surface area (Å²) in [4.78, 5) is 6.53. The zero-order valence-corrected chi connectivity index (χ0v) is 18.7. The number of aliphatic imine (C=N–C) groups is 1. The van der Waals surface area contributed by atoms with Crippen LogP contribution in [0.15, 0.2) is 65.7 Å². The lowest BCUT2D eigenvalue weighted by Gasteiger charge is -2.42. The van der Waals surface area contributed by atoms with Crippen molar-refractivity contribution in [2.45, 2.75) is 33.1 Å². The molecule has 0 bridgehead atoms. The number of nitrogens with one attached hydrogen (secondary N) is 1. The summed E-state index contributed by atoms with van der Waals surface area (Å²) in [6.45, 7) is 10.1. The number of fused-ring (bicyclic) bond motifs is 2. The van der Waals surface area contributed by atoms with Gasteiger partial charge in [-0.05, 0) is 72.5 Å². The largest absolute Gasteiger partial charge is 0.370 e. The number of hydrogen-bond donors (Lipinski definition) is 3. The van der Waals surface area contributed by atoms with Gasteiger partial charge in [-0.3, -0.25) is 4.99 Å². The third-order valence-electron chi connectivity index (χ3n) is 6.24. The molecule has 0 fully saturated rings. The Bertz CT molecular complexity index is 1140. The van der Waals surface area contributed by atoms with E-state index in [4.69, 9.17) is 11.5 Å². The molecule has 1 aliphatic rings. The Morgan fingerprint density at radius 2 is 1.55 bits per heavy atom. The lowest BCUT2D eigenvalue weighted by Crippen LogP contribution is -2.34. The predicted octanol–water partition coefficient (Wildman–Crippen LogP) is 5.10. The molecule has 0 unspecified atom stereocenters. The first-order valence-electron chi connectivity index (χ1n) is 10.7. The summed E-state index contributed by atoms with van der Waals surface area (Å²) in [5.41, 5.74) is 20.7. The minimum Gasteiger partial charge on any atom is -0.370 e. The smallest absolute Gasteiger partial charge is 0.185 e. The van der Waals surface area contributed by atoms with E-state index >= 15 is 0 Å². The van der Waals surface area contributed by atoms with E-state index in [1.807, 2.05) is 0 Å². The van der Waals surface area contributed by atoms with Crippen LogP contribution in [0.2, 0.25) is 0 Å². The highest BCUT2D eigenvalue weighted by Crippen LogP contribution is 2.49. The van der Waals surface area contributed by atoms with Gasteiger partial charge in [-0.1, -0.05) is 38.1 Å². The van der Waals surface area contributed by atoms with Gasteiger partial charge in [0.2, 0.25) is 0 Å². The van der Waals surface area contributed by atoms with Crippen LogP contribution in [0.25, 0.3) is 0 Å². The topological polar surface area (TPSA) is 79.7 Å². The second kappa shape index (κ2) is 7.99. The van der Waals surface area contributed by atoms with E-state index in [0.717, 1.165) is 11.4 Å². The van der Waals surface area contributed by atoms with Crippen LogP contribution in [-0.2, 0) is 5.41 Å². The highest BCUT2D eigenvalue weighted by Gasteiger charge is 2.36. The summed E-state index contributed by atoms with van der Waals surface area (Å²) in [6, 6.07) is 21.7. The summed E-state index contributed by atoms with van der Waals surface area (Å²) in [5.74, 6) is 0.124. The van der Waals surface area contributed by atoms with E-state index in [9.17, 15) is 0 Å². The monoisotopic (exact) mass is 413 g/mol. The van der Waals surface area contributed by atoms with E-state index in [0.29, 0.717) is 13.1 Å². The molecule has 0 spiro atoms. The molecule has 3 aromatic carbocycles. The molecule has 0 saturated heterocycles. The molecule has 0 saturated carbocycles. The molecule has 1 heterocycles. The van der Waals surface area contributed by atoms with Crippen molar-refractivity contribution in [3.05, 3.63) is 82.9 Å². The number of guanidine groups is 1. The average Bonchev–Trinajstić information content (AvgIpc) is 2.73. The first-order valence-corrected chi connectivity index (χ1v) is 10.7. The summed E-state index contributed by atoms with van der Waals surface area (Å²) in [6.07, 6.45) is 0. The van der Waals surface area contributed by atoms with Crippen LogP contribution in [0.4, 0.5) is 22.7 Å². The van der Waals surface area contributed by atoms with E-state index in [1.54, 1.807) is 0 Å². The molecule has 5 N–H and O–H groups in total. The van der Waals surface area contributed by atoms with E-state index in [1.165, 1.54) is 33.6 Å². The number of nitrogens with two attached hydrogens (primary N) is 2. The van der Waals surface area contributed by atoms with Gasteiger partial charge in [0.05, 0.1) is 6.54 Å². The molecule has 0 aromatic heterocycles. The minimum absolute atomic E-state index is 0.124. The Labute approximate surface area is 184 Å². The van der Waals surface area contributed by atoms with Crippen LogP contribution in [0.5, 0.6) is 0 Å². The van der Waals surface area contributed by atoms with Gasteiger partial charge in [-0.25, -0.2) is 0 Å². The molecule has 0 radical (unpaired) electrons. The van der Waals surface area contributed by atoms with Gasteiger partial charge in [0, 0.05) is 34.7 Å². The second-order valence-corrected chi connectivity index (χ2v) is 8.76. The first kappa shape index (κ1) is 20.8. The fourth-order valence-electron chi connectivity index (χ4n) is 4.37. The quantitative estimate of drug-likeness (QED) is 0.402. The number of benzene rings is 3. The fourth-order valence-corrected chi connectivity index (χ4v) is 4.37. The number of hydrogen-bond acceptors (Lipinski definition) is 3. The van der Waals surface area contributed by atoms with Gasteiger partial charge < -0.3 is 21.7 Å². The van der Waals surface area contributed by atoms with Crippen LogP contribution in [0.1, 0.15) is 36.1 Å². The molecule has 4 rings (SSSR count). The Hall–Kier alpha value is -3.47. The van der Waals surface area contributed by atoms with E-state index < -0.39 is 0 Å². The van der Waals surface area contributed by atoms with Crippen LogP contribution >= 0.6 is 0 Å². The van der Waals surface area contributed by atoms with Gasteiger partial charge in [0.25, 0.3) is 0 Å². The summed E-state index contributed by atoms with van der Waals surface area (Å²) in [5, 5.41) is 3.58. The molecule has 3 aromatic rings. The Balaban J connectivity index is 1.75. The fraction of sp³-hybridized carbons (Fsp3) is 0.269. The zero-order chi connectivity index (χ0) is 22.2. The van der Waals surface area contributed by atoms with Gasteiger partial charge in [-0.15, -0.1) is 0 Å². The number of aryl methyl sites for hydroxylation is 2. The number of rotatable bonds is 5. The molecule has 1 aliphatic heterocycles. The van der Waals surface area contributed by atoms with Crippen molar-refractivity contribution in [3.8, 4) is 0 Å². The standard InChI is InChI=1S/C26H31N5/c1-17-9-10-19(15-18(17)2)30-20-11-12-24-22(16-20)26(3,4)21-7-5-6-8-23(21)31(24)14-13-29-25(27)28/h5-12,15-16,30H,13-14H2,1-4H3,(H4,27,28,29). The van der Waals surface area contributed by atoms with Crippen LogP contribution in [-0.4, -0.2) is 19.0 Å². The van der Waals surface area contributed by atoms with Crippen LogP contribution in [0.3, 0.4) is 0 Å².